The van der Waals surface area contributed by atoms with Gasteiger partial charge in [0.15, 0.2) is 0 Å². The number of carbonyl (C=O) groups excluding carboxylic acids is 4. The molecule has 3 atom stereocenters. The SMILES string of the molecule is CCC(=O)Nc1ccc(C(C)NC(=O)CN2C(=O)C3CCCCC3C2=O)cc1. The number of imide groups is 1. The van der Waals surface area contributed by atoms with Crippen molar-refractivity contribution in [3.8, 4) is 0 Å². The summed E-state index contributed by atoms with van der Waals surface area (Å²) < 4.78 is 0. The highest BCUT2D eigenvalue weighted by atomic mass is 16.2. The van der Waals surface area contributed by atoms with E-state index in [9.17, 15) is 19.2 Å². The van der Waals surface area contributed by atoms with Crippen molar-refractivity contribution >= 4 is 29.3 Å². The van der Waals surface area contributed by atoms with E-state index in [1.54, 1.807) is 19.1 Å². The predicted molar refractivity (Wildman–Crippen MR) is 104 cm³/mol. The zero-order valence-corrected chi connectivity index (χ0v) is 16.4. The minimum atomic E-state index is -0.351. The van der Waals surface area contributed by atoms with E-state index in [0.717, 1.165) is 36.1 Å². The van der Waals surface area contributed by atoms with Gasteiger partial charge < -0.3 is 10.6 Å². The number of rotatable bonds is 6. The van der Waals surface area contributed by atoms with Crippen LogP contribution in [0.2, 0.25) is 0 Å². The molecule has 1 aliphatic carbocycles. The molecule has 3 rings (SSSR count). The molecular formula is C21H27N3O4. The van der Waals surface area contributed by atoms with Gasteiger partial charge in [-0.1, -0.05) is 31.9 Å². The number of fused-ring (bicyclic) bond motifs is 1. The summed E-state index contributed by atoms with van der Waals surface area (Å²) in [6.07, 6.45) is 3.82. The second-order valence-corrected chi connectivity index (χ2v) is 7.57. The van der Waals surface area contributed by atoms with E-state index in [-0.39, 0.29) is 48.1 Å². The van der Waals surface area contributed by atoms with Gasteiger partial charge in [-0.25, -0.2) is 0 Å². The van der Waals surface area contributed by atoms with Crippen molar-refractivity contribution in [3.05, 3.63) is 29.8 Å². The third-order valence-electron chi connectivity index (χ3n) is 5.63. The quantitative estimate of drug-likeness (QED) is 0.735. The van der Waals surface area contributed by atoms with Gasteiger partial charge in [-0.2, -0.15) is 0 Å². The Morgan fingerprint density at radius 3 is 2.14 bits per heavy atom. The second-order valence-electron chi connectivity index (χ2n) is 7.57. The maximum atomic E-state index is 12.5. The summed E-state index contributed by atoms with van der Waals surface area (Å²) >= 11 is 0. The molecule has 7 nitrogen and oxygen atoms in total. The molecule has 1 saturated carbocycles. The van der Waals surface area contributed by atoms with Crippen LogP contribution in [0.4, 0.5) is 5.69 Å². The molecule has 1 aromatic rings. The van der Waals surface area contributed by atoms with Gasteiger partial charge in [0.05, 0.1) is 17.9 Å². The summed E-state index contributed by atoms with van der Waals surface area (Å²) in [4.78, 5) is 49.9. The Hall–Kier alpha value is -2.70. The maximum Gasteiger partial charge on any atom is 0.240 e. The van der Waals surface area contributed by atoms with Crippen LogP contribution in [-0.4, -0.2) is 35.1 Å². The molecule has 0 spiro atoms. The number of likely N-dealkylation sites (tertiary alicyclic amines) is 1. The molecule has 0 bridgehead atoms. The van der Waals surface area contributed by atoms with Gasteiger partial charge in [0.1, 0.15) is 6.54 Å². The summed E-state index contributed by atoms with van der Waals surface area (Å²) in [7, 11) is 0. The topological polar surface area (TPSA) is 95.6 Å². The Bertz CT molecular complexity index is 750. The smallest absolute Gasteiger partial charge is 0.240 e. The Kier molecular flexibility index (Phi) is 6.11. The van der Waals surface area contributed by atoms with Crippen LogP contribution in [0, 0.1) is 11.8 Å². The van der Waals surface area contributed by atoms with E-state index in [0.29, 0.717) is 12.1 Å². The van der Waals surface area contributed by atoms with Crippen molar-refractivity contribution in [2.45, 2.75) is 52.0 Å². The Balaban J connectivity index is 1.56. The number of anilines is 1. The Morgan fingerprint density at radius 1 is 1.04 bits per heavy atom. The number of carbonyl (C=O) groups is 4. The first-order valence-corrected chi connectivity index (χ1v) is 9.95. The first-order valence-electron chi connectivity index (χ1n) is 9.95. The monoisotopic (exact) mass is 385 g/mol. The molecule has 2 aliphatic rings. The fourth-order valence-corrected chi connectivity index (χ4v) is 4.01. The van der Waals surface area contributed by atoms with Gasteiger partial charge in [0.2, 0.25) is 23.6 Å². The van der Waals surface area contributed by atoms with Crippen molar-refractivity contribution in [3.63, 3.8) is 0 Å². The molecule has 1 heterocycles. The largest absolute Gasteiger partial charge is 0.348 e. The van der Waals surface area contributed by atoms with Crippen molar-refractivity contribution < 1.29 is 19.2 Å². The molecule has 4 amide bonds. The minimum absolute atomic E-state index is 0.0605. The highest BCUT2D eigenvalue weighted by molar-refractivity contribution is 6.07. The van der Waals surface area contributed by atoms with Crippen LogP contribution in [0.25, 0.3) is 0 Å². The zero-order chi connectivity index (χ0) is 20.3. The van der Waals surface area contributed by atoms with Crippen molar-refractivity contribution in [2.24, 2.45) is 11.8 Å². The third-order valence-corrected chi connectivity index (χ3v) is 5.63. The van der Waals surface area contributed by atoms with E-state index in [2.05, 4.69) is 10.6 Å². The van der Waals surface area contributed by atoms with E-state index >= 15 is 0 Å². The lowest BCUT2D eigenvalue weighted by Crippen LogP contribution is -2.41. The summed E-state index contributed by atoms with van der Waals surface area (Å²) in [5.74, 6) is -1.29. The normalized spacial score (nSPS) is 22.6. The zero-order valence-electron chi connectivity index (χ0n) is 16.4. The molecule has 7 heteroatoms. The number of nitrogens with zero attached hydrogens (tertiary/aromatic N) is 1. The summed E-state index contributed by atoms with van der Waals surface area (Å²) in [5.41, 5.74) is 1.57. The average Bonchev–Trinajstić information content (AvgIpc) is 2.93. The van der Waals surface area contributed by atoms with Gasteiger partial charge in [0, 0.05) is 12.1 Å². The summed E-state index contributed by atoms with van der Waals surface area (Å²) in [6.45, 7) is 3.40. The molecule has 150 valence electrons. The van der Waals surface area contributed by atoms with Gasteiger partial charge in [-0.15, -0.1) is 0 Å². The van der Waals surface area contributed by atoms with Gasteiger partial charge in [-0.05, 0) is 37.5 Å². The lowest BCUT2D eigenvalue weighted by atomic mass is 9.81. The minimum Gasteiger partial charge on any atom is -0.348 e. The summed E-state index contributed by atoms with van der Waals surface area (Å²) in [5, 5.41) is 5.62. The van der Waals surface area contributed by atoms with Crippen molar-refractivity contribution in [2.75, 3.05) is 11.9 Å². The van der Waals surface area contributed by atoms with Crippen LogP contribution in [-0.2, 0) is 19.2 Å². The molecule has 1 aromatic carbocycles. The molecule has 2 N–H and O–H groups in total. The maximum absolute atomic E-state index is 12.5. The number of amides is 4. The van der Waals surface area contributed by atoms with Gasteiger partial charge in [0.25, 0.3) is 0 Å². The number of hydrogen-bond acceptors (Lipinski definition) is 4. The molecular weight excluding hydrogens is 358 g/mol. The Labute approximate surface area is 164 Å². The fourth-order valence-electron chi connectivity index (χ4n) is 4.01. The summed E-state index contributed by atoms with van der Waals surface area (Å²) in [6, 6.07) is 6.94. The van der Waals surface area contributed by atoms with Crippen LogP contribution < -0.4 is 10.6 Å². The van der Waals surface area contributed by atoms with Crippen LogP contribution >= 0.6 is 0 Å². The van der Waals surface area contributed by atoms with E-state index in [1.165, 1.54) is 0 Å². The van der Waals surface area contributed by atoms with E-state index in [4.69, 9.17) is 0 Å². The van der Waals surface area contributed by atoms with E-state index < -0.39 is 0 Å². The van der Waals surface area contributed by atoms with Crippen LogP contribution in [0.3, 0.4) is 0 Å². The molecule has 0 aromatic heterocycles. The molecule has 3 unspecified atom stereocenters. The van der Waals surface area contributed by atoms with Crippen LogP contribution in [0.5, 0.6) is 0 Å². The fraction of sp³-hybridized carbons (Fsp3) is 0.524. The second kappa shape index (κ2) is 8.54. The Morgan fingerprint density at radius 2 is 1.61 bits per heavy atom. The predicted octanol–water partition coefficient (Wildman–Crippen LogP) is 2.39. The van der Waals surface area contributed by atoms with Crippen molar-refractivity contribution in [1.29, 1.82) is 0 Å². The number of nitrogens with one attached hydrogen (secondary N) is 2. The van der Waals surface area contributed by atoms with Crippen LogP contribution in [0.1, 0.15) is 57.6 Å². The third kappa shape index (κ3) is 4.24. The standard InChI is InChI=1S/C21H27N3O4/c1-3-18(25)23-15-10-8-14(9-11-15)13(2)22-19(26)12-24-20(27)16-6-4-5-7-17(16)21(24)28/h8-11,13,16-17H,3-7,12H2,1-2H3,(H,22,26)(H,23,25). The molecule has 28 heavy (non-hydrogen) atoms. The molecule has 1 aliphatic heterocycles. The molecule has 0 radical (unpaired) electrons. The van der Waals surface area contributed by atoms with E-state index in [1.807, 2.05) is 19.1 Å². The van der Waals surface area contributed by atoms with Crippen molar-refractivity contribution in [1.82, 2.24) is 10.2 Å². The van der Waals surface area contributed by atoms with Crippen LogP contribution in [0.15, 0.2) is 24.3 Å². The van der Waals surface area contributed by atoms with Gasteiger partial charge in [-0.3, -0.25) is 24.1 Å². The number of benzene rings is 1. The molecule has 2 fully saturated rings. The molecule has 1 saturated heterocycles. The number of hydrogen-bond donors (Lipinski definition) is 2. The van der Waals surface area contributed by atoms with Gasteiger partial charge >= 0.3 is 0 Å². The lowest BCUT2D eigenvalue weighted by Gasteiger charge is -2.19. The first kappa shape index (κ1) is 20.0. The lowest BCUT2D eigenvalue weighted by molar-refractivity contribution is -0.143. The average molecular weight is 385 g/mol. The highest BCUT2D eigenvalue weighted by Crippen LogP contribution is 2.37. The first-order chi connectivity index (χ1) is 13.4. The highest BCUT2D eigenvalue weighted by Gasteiger charge is 2.48.